The van der Waals surface area contributed by atoms with Crippen LogP contribution in [0.25, 0.3) is 11.1 Å². The number of nitrogens with zero attached hydrogens (tertiary/aromatic N) is 1. The van der Waals surface area contributed by atoms with Crippen molar-refractivity contribution in [3.63, 3.8) is 0 Å². The van der Waals surface area contributed by atoms with Gasteiger partial charge in [-0.25, -0.2) is 0 Å². The van der Waals surface area contributed by atoms with Crippen LogP contribution in [0.15, 0.2) is 30.3 Å². The Morgan fingerprint density at radius 3 is 2.00 bits per heavy atom. The van der Waals surface area contributed by atoms with Crippen LogP contribution in [0.2, 0.25) is 5.02 Å². The molecule has 2 aromatic rings. The van der Waals surface area contributed by atoms with Gasteiger partial charge in [-0.3, -0.25) is 10.1 Å². The molecule has 0 radical (unpaired) electrons. The SMILES string of the molecule is CCC(C)c1cc(-c2ccc([N+](=O)[O-])cc2Cl)cc(C(C)CC)c1O. The highest BCUT2D eigenvalue weighted by Gasteiger charge is 2.20. The van der Waals surface area contributed by atoms with E-state index >= 15 is 0 Å². The molecule has 2 unspecified atom stereocenters. The lowest BCUT2D eigenvalue weighted by Gasteiger charge is -2.20. The van der Waals surface area contributed by atoms with Crippen LogP contribution < -0.4 is 0 Å². The first kappa shape index (κ1) is 19.3. The van der Waals surface area contributed by atoms with E-state index in [1.54, 1.807) is 6.07 Å². The first-order chi connectivity index (χ1) is 11.8. The predicted octanol–water partition coefficient (Wildman–Crippen LogP) is 6.65. The van der Waals surface area contributed by atoms with Crippen molar-refractivity contribution in [2.75, 3.05) is 0 Å². The minimum Gasteiger partial charge on any atom is -0.507 e. The van der Waals surface area contributed by atoms with E-state index in [0.29, 0.717) is 10.8 Å². The van der Waals surface area contributed by atoms with E-state index < -0.39 is 4.92 Å². The maximum Gasteiger partial charge on any atom is 0.270 e. The summed E-state index contributed by atoms with van der Waals surface area (Å²) in [7, 11) is 0. The monoisotopic (exact) mass is 361 g/mol. The number of phenolic OH excluding ortho intramolecular Hbond substituents is 1. The molecule has 0 spiro atoms. The molecule has 0 aromatic heterocycles. The van der Waals surface area contributed by atoms with E-state index in [0.717, 1.165) is 35.1 Å². The summed E-state index contributed by atoms with van der Waals surface area (Å²) in [6.45, 7) is 8.32. The molecule has 25 heavy (non-hydrogen) atoms. The molecule has 0 aliphatic heterocycles. The number of nitro groups is 1. The quantitative estimate of drug-likeness (QED) is 0.462. The van der Waals surface area contributed by atoms with Gasteiger partial charge in [0.15, 0.2) is 0 Å². The largest absolute Gasteiger partial charge is 0.507 e. The van der Waals surface area contributed by atoms with E-state index in [1.807, 2.05) is 12.1 Å². The van der Waals surface area contributed by atoms with Crippen molar-refractivity contribution >= 4 is 17.3 Å². The van der Waals surface area contributed by atoms with Crippen molar-refractivity contribution in [1.82, 2.24) is 0 Å². The minimum absolute atomic E-state index is 0.0307. The Morgan fingerprint density at radius 1 is 1.08 bits per heavy atom. The Morgan fingerprint density at radius 2 is 1.60 bits per heavy atom. The van der Waals surface area contributed by atoms with Gasteiger partial charge in [0.1, 0.15) is 5.75 Å². The number of halogens is 1. The van der Waals surface area contributed by atoms with Crippen molar-refractivity contribution in [1.29, 1.82) is 0 Å². The van der Waals surface area contributed by atoms with Gasteiger partial charge in [-0.1, -0.05) is 39.3 Å². The number of benzene rings is 2. The Hall–Kier alpha value is -2.07. The van der Waals surface area contributed by atoms with Crippen molar-refractivity contribution in [2.45, 2.75) is 52.4 Å². The summed E-state index contributed by atoms with van der Waals surface area (Å²) in [5.74, 6) is 0.768. The first-order valence-corrected chi connectivity index (χ1v) is 8.98. The second-order valence-electron chi connectivity index (χ2n) is 6.54. The van der Waals surface area contributed by atoms with Crippen LogP contribution in [0.5, 0.6) is 5.75 Å². The lowest BCUT2D eigenvalue weighted by Crippen LogP contribution is -2.00. The fourth-order valence-corrected chi connectivity index (χ4v) is 3.16. The number of phenols is 1. The molecule has 4 nitrogen and oxygen atoms in total. The van der Waals surface area contributed by atoms with Gasteiger partial charge in [0.25, 0.3) is 5.69 Å². The zero-order valence-electron chi connectivity index (χ0n) is 15.0. The third-order valence-electron chi connectivity index (χ3n) is 4.93. The van der Waals surface area contributed by atoms with E-state index in [4.69, 9.17) is 11.6 Å². The molecule has 1 N–H and O–H groups in total. The Kier molecular flexibility index (Phi) is 6.07. The maximum atomic E-state index is 10.9. The van der Waals surface area contributed by atoms with E-state index in [2.05, 4.69) is 27.7 Å². The molecule has 0 fully saturated rings. The van der Waals surface area contributed by atoms with Crippen molar-refractivity contribution < 1.29 is 10.0 Å². The molecule has 0 aliphatic rings. The number of nitro benzene ring substituents is 1. The molecule has 0 saturated heterocycles. The van der Waals surface area contributed by atoms with Gasteiger partial charge in [-0.05, 0) is 59.6 Å². The van der Waals surface area contributed by atoms with Crippen molar-refractivity contribution in [3.05, 3.63) is 56.6 Å². The van der Waals surface area contributed by atoms with Gasteiger partial charge in [0.2, 0.25) is 0 Å². The molecule has 2 aromatic carbocycles. The number of hydrogen-bond donors (Lipinski definition) is 1. The van der Waals surface area contributed by atoms with Crippen LogP contribution in [-0.4, -0.2) is 10.0 Å². The van der Waals surface area contributed by atoms with Crippen LogP contribution in [0.1, 0.15) is 63.5 Å². The highest BCUT2D eigenvalue weighted by Crippen LogP contribution is 2.41. The van der Waals surface area contributed by atoms with E-state index in [9.17, 15) is 15.2 Å². The Labute approximate surface area is 153 Å². The normalized spacial score (nSPS) is 13.5. The molecule has 0 heterocycles. The van der Waals surface area contributed by atoms with Gasteiger partial charge in [0, 0.05) is 17.7 Å². The van der Waals surface area contributed by atoms with Crippen molar-refractivity contribution in [2.24, 2.45) is 0 Å². The second kappa shape index (κ2) is 7.87. The van der Waals surface area contributed by atoms with Gasteiger partial charge in [-0.2, -0.15) is 0 Å². The average molecular weight is 362 g/mol. The van der Waals surface area contributed by atoms with E-state index in [1.165, 1.54) is 12.1 Å². The molecular formula is C20H24ClNO3. The maximum absolute atomic E-state index is 10.9. The summed E-state index contributed by atoms with van der Waals surface area (Å²) in [5.41, 5.74) is 3.37. The number of hydrogen-bond acceptors (Lipinski definition) is 3. The fourth-order valence-electron chi connectivity index (χ4n) is 2.88. The van der Waals surface area contributed by atoms with Crippen LogP contribution in [0.4, 0.5) is 5.69 Å². The summed E-state index contributed by atoms with van der Waals surface area (Å²) < 4.78 is 0. The average Bonchev–Trinajstić information content (AvgIpc) is 2.60. The number of rotatable bonds is 6. The van der Waals surface area contributed by atoms with Crippen LogP contribution >= 0.6 is 11.6 Å². The lowest BCUT2D eigenvalue weighted by atomic mass is 9.86. The zero-order chi connectivity index (χ0) is 18.7. The van der Waals surface area contributed by atoms with E-state index in [-0.39, 0.29) is 17.5 Å². The Bertz CT molecular complexity index is 758. The lowest BCUT2D eigenvalue weighted by molar-refractivity contribution is -0.384. The fraction of sp³-hybridized carbons (Fsp3) is 0.400. The molecule has 2 rings (SSSR count). The Balaban J connectivity index is 2.67. The molecule has 134 valence electrons. The molecule has 0 amide bonds. The topological polar surface area (TPSA) is 63.4 Å². The summed E-state index contributed by atoms with van der Waals surface area (Å²) in [6, 6.07) is 8.40. The standard InChI is InChI=1S/C20H24ClNO3/c1-5-12(3)17-9-14(10-18(20(17)23)13(4)6-2)16-8-7-15(22(24)25)11-19(16)21/h7-13,23H,5-6H2,1-4H3. The van der Waals surface area contributed by atoms with Gasteiger partial charge >= 0.3 is 0 Å². The molecule has 2 atom stereocenters. The summed E-state index contributed by atoms with van der Waals surface area (Å²) >= 11 is 6.31. The highest BCUT2D eigenvalue weighted by atomic mass is 35.5. The summed E-state index contributed by atoms with van der Waals surface area (Å²) in [5, 5.41) is 22.0. The molecule has 0 saturated carbocycles. The summed E-state index contributed by atoms with van der Waals surface area (Å²) in [4.78, 5) is 10.5. The first-order valence-electron chi connectivity index (χ1n) is 8.61. The zero-order valence-corrected chi connectivity index (χ0v) is 15.8. The number of aromatic hydroxyl groups is 1. The van der Waals surface area contributed by atoms with Gasteiger partial charge < -0.3 is 5.11 Å². The van der Waals surface area contributed by atoms with Crippen molar-refractivity contribution in [3.8, 4) is 16.9 Å². The van der Waals surface area contributed by atoms with Gasteiger partial charge in [-0.15, -0.1) is 0 Å². The van der Waals surface area contributed by atoms with Crippen LogP contribution in [0.3, 0.4) is 0 Å². The minimum atomic E-state index is -0.457. The molecule has 0 aliphatic carbocycles. The highest BCUT2D eigenvalue weighted by molar-refractivity contribution is 6.33. The molecular weight excluding hydrogens is 338 g/mol. The predicted molar refractivity (Wildman–Crippen MR) is 103 cm³/mol. The summed E-state index contributed by atoms with van der Waals surface area (Å²) in [6.07, 6.45) is 1.82. The smallest absolute Gasteiger partial charge is 0.270 e. The van der Waals surface area contributed by atoms with Crippen LogP contribution in [0, 0.1) is 10.1 Å². The molecule has 0 bridgehead atoms. The third-order valence-corrected chi connectivity index (χ3v) is 5.24. The second-order valence-corrected chi connectivity index (χ2v) is 6.95. The number of non-ortho nitro benzene ring substituents is 1. The van der Waals surface area contributed by atoms with Gasteiger partial charge in [0.05, 0.1) is 9.95 Å². The molecule has 5 heteroatoms. The third kappa shape index (κ3) is 3.96. The van der Waals surface area contributed by atoms with Crippen LogP contribution in [-0.2, 0) is 0 Å².